The van der Waals surface area contributed by atoms with Crippen LogP contribution in [0.5, 0.6) is 0 Å². The topological polar surface area (TPSA) is 57.6 Å². The largest absolute Gasteiger partial charge is 0.478 e. The molecule has 4 nitrogen and oxygen atoms in total. The molecule has 3 rings (SSSR count). The van der Waals surface area contributed by atoms with Crippen LogP contribution in [0.3, 0.4) is 0 Å². The average molecular weight is 323 g/mol. The van der Waals surface area contributed by atoms with E-state index in [1.165, 1.54) is 5.56 Å². The summed E-state index contributed by atoms with van der Waals surface area (Å²) >= 11 is 0. The number of aromatic carboxylic acids is 1. The summed E-state index contributed by atoms with van der Waals surface area (Å²) in [7, 11) is 0. The normalized spacial score (nSPS) is 20.1. The minimum atomic E-state index is -0.991. The van der Waals surface area contributed by atoms with Crippen LogP contribution in [-0.2, 0) is 11.2 Å². The first-order valence-corrected chi connectivity index (χ1v) is 8.22. The van der Waals surface area contributed by atoms with E-state index < -0.39 is 5.97 Å². The maximum Gasteiger partial charge on any atom is 0.335 e. The number of hydrogen-bond acceptors (Lipinski definition) is 2. The molecule has 1 aliphatic rings. The van der Waals surface area contributed by atoms with Crippen molar-refractivity contribution in [1.29, 1.82) is 0 Å². The minimum absolute atomic E-state index is 0.00497. The van der Waals surface area contributed by atoms with Crippen LogP contribution in [0.25, 0.3) is 0 Å². The van der Waals surface area contributed by atoms with Gasteiger partial charge in [0.25, 0.3) is 0 Å². The van der Waals surface area contributed by atoms with Gasteiger partial charge in [-0.25, -0.2) is 4.79 Å². The van der Waals surface area contributed by atoms with E-state index in [1.807, 2.05) is 23.1 Å². The molecule has 0 aromatic heterocycles. The Hall–Kier alpha value is -2.62. The van der Waals surface area contributed by atoms with E-state index in [9.17, 15) is 14.7 Å². The molecule has 2 aromatic rings. The SMILES string of the molecule is CC1CC(c2ccccc2)CN1C(=O)Cc1ccccc1C(=O)O. The number of carbonyl (C=O) groups excluding carboxylic acids is 1. The van der Waals surface area contributed by atoms with Crippen molar-refractivity contribution in [3.8, 4) is 0 Å². The first-order chi connectivity index (χ1) is 11.6. The Morgan fingerprint density at radius 1 is 1.08 bits per heavy atom. The first-order valence-electron chi connectivity index (χ1n) is 8.22. The maximum absolute atomic E-state index is 12.7. The molecule has 4 heteroatoms. The molecule has 0 spiro atoms. The highest BCUT2D eigenvalue weighted by Gasteiger charge is 2.33. The zero-order valence-electron chi connectivity index (χ0n) is 13.7. The summed E-state index contributed by atoms with van der Waals surface area (Å²) in [5.41, 5.74) is 2.04. The van der Waals surface area contributed by atoms with E-state index in [4.69, 9.17) is 0 Å². The number of hydrogen-bond donors (Lipinski definition) is 1. The molecule has 0 saturated carbocycles. The summed E-state index contributed by atoms with van der Waals surface area (Å²) < 4.78 is 0. The number of likely N-dealkylation sites (tertiary alicyclic amines) is 1. The van der Waals surface area contributed by atoms with E-state index in [0.717, 1.165) is 6.42 Å². The average Bonchev–Trinajstić information content (AvgIpc) is 2.98. The summed E-state index contributed by atoms with van der Waals surface area (Å²) in [6.45, 7) is 2.75. The van der Waals surface area contributed by atoms with E-state index in [2.05, 4.69) is 19.1 Å². The van der Waals surface area contributed by atoms with Crippen molar-refractivity contribution < 1.29 is 14.7 Å². The number of carbonyl (C=O) groups is 2. The number of benzene rings is 2. The fraction of sp³-hybridized carbons (Fsp3) is 0.300. The third-order valence-corrected chi connectivity index (χ3v) is 4.76. The van der Waals surface area contributed by atoms with Crippen LogP contribution in [0.4, 0.5) is 0 Å². The van der Waals surface area contributed by atoms with Crippen LogP contribution in [0, 0.1) is 0 Å². The van der Waals surface area contributed by atoms with Gasteiger partial charge in [-0.2, -0.15) is 0 Å². The van der Waals surface area contributed by atoms with Gasteiger partial charge in [-0.3, -0.25) is 4.79 Å². The van der Waals surface area contributed by atoms with Crippen LogP contribution in [0.1, 0.15) is 40.7 Å². The van der Waals surface area contributed by atoms with Crippen molar-refractivity contribution in [3.63, 3.8) is 0 Å². The standard InChI is InChI=1S/C20H21NO3/c1-14-11-17(15-7-3-2-4-8-15)13-21(14)19(22)12-16-9-5-6-10-18(16)20(23)24/h2-10,14,17H,11-13H2,1H3,(H,23,24). The van der Waals surface area contributed by atoms with Gasteiger partial charge in [-0.05, 0) is 30.5 Å². The highest BCUT2D eigenvalue weighted by Crippen LogP contribution is 2.32. The number of carboxylic acids is 1. The third-order valence-electron chi connectivity index (χ3n) is 4.76. The molecule has 2 aromatic carbocycles. The summed E-state index contributed by atoms with van der Waals surface area (Å²) in [6, 6.07) is 17.1. The maximum atomic E-state index is 12.7. The Morgan fingerprint density at radius 2 is 1.75 bits per heavy atom. The van der Waals surface area contributed by atoms with E-state index in [-0.39, 0.29) is 23.9 Å². The molecule has 1 N–H and O–H groups in total. The van der Waals surface area contributed by atoms with Gasteiger partial charge in [0, 0.05) is 18.5 Å². The molecule has 1 heterocycles. The minimum Gasteiger partial charge on any atom is -0.478 e. The van der Waals surface area contributed by atoms with E-state index in [0.29, 0.717) is 18.0 Å². The molecule has 1 aliphatic heterocycles. The van der Waals surface area contributed by atoms with Gasteiger partial charge in [0.1, 0.15) is 0 Å². The van der Waals surface area contributed by atoms with Gasteiger partial charge in [-0.15, -0.1) is 0 Å². The molecular weight excluding hydrogens is 302 g/mol. The second kappa shape index (κ2) is 6.87. The molecule has 2 atom stereocenters. The van der Waals surface area contributed by atoms with Gasteiger partial charge in [0.05, 0.1) is 12.0 Å². The van der Waals surface area contributed by atoms with E-state index in [1.54, 1.807) is 24.3 Å². The lowest BCUT2D eigenvalue weighted by molar-refractivity contribution is -0.131. The Kier molecular flexibility index (Phi) is 4.65. The van der Waals surface area contributed by atoms with Crippen molar-refractivity contribution >= 4 is 11.9 Å². The molecule has 1 fully saturated rings. The molecule has 0 radical (unpaired) electrons. The summed E-state index contributed by atoms with van der Waals surface area (Å²) in [4.78, 5) is 25.9. The molecule has 1 amide bonds. The van der Waals surface area contributed by atoms with Crippen LogP contribution in [-0.4, -0.2) is 34.5 Å². The number of nitrogens with zero attached hydrogens (tertiary/aromatic N) is 1. The molecule has 1 saturated heterocycles. The van der Waals surface area contributed by atoms with Gasteiger partial charge in [-0.1, -0.05) is 48.5 Å². The molecule has 2 unspecified atom stereocenters. The van der Waals surface area contributed by atoms with Gasteiger partial charge >= 0.3 is 5.97 Å². The molecule has 0 bridgehead atoms. The van der Waals surface area contributed by atoms with Crippen molar-refractivity contribution in [2.45, 2.75) is 31.7 Å². The van der Waals surface area contributed by atoms with Crippen LogP contribution >= 0.6 is 0 Å². The molecule has 124 valence electrons. The van der Waals surface area contributed by atoms with Gasteiger partial charge in [0.2, 0.25) is 5.91 Å². The Balaban J connectivity index is 1.73. The fourth-order valence-electron chi connectivity index (χ4n) is 3.49. The lowest BCUT2D eigenvalue weighted by Gasteiger charge is -2.22. The zero-order chi connectivity index (χ0) is 17.1. The van der Waals surface area contributed by atoms with Crippen LogP contribution < -0.4 is 0 Å². The summed E-state index contributed by atoms with van der Waals surface area (Å²) in [5, 5.41) is 9.26. The van der Waals surface area contributed by atoms with Gasteiger partial charge < -0.3 is 10.0 Å². The van der Waals surface area contributed by atoms with Crippen molar-refractivity contribution in [2.75, 3.05) is 6.54 Å². The van der Waals surface area contributed by atoms with Crippen LogP contribution in [0.2, 0.25) is 0 Å². The highest BCUT2D eigenvalue weighted by atomic mass is 16.4. The van der Waals surface area contributed by atoms with Crippen molar-refractivity contribution in [2.24, 2.45) is 0 Å². The second-order valence-electron chi connectivity index (χ2n) is 6.38. The smallest absolute Gasteiger partial charge is 0.335 e. The summed E-state index contributed by atoms with van der Waals surface area (Å²) in [6.07, 6.45) is 1.07. The quantitative estimate of drug-likeness (QED) is 0.939. The molecule has 24 heavy (non-hydrogen) atoms. The lowest BCUT2D eigenvalue weighted by Crippen LogP contribution is -2.35. The zero-order valence-corrected chi connectivity index (χ0v) is 13.7. The van der Waals surface area contributed by atoms with Crippen LogP contribution in [0.15, 0.2) is 54.6 Å². The monoisotopic (exact) mass is 323 g/mol. The third kappa shape index (κ3) is 3.32. The second-order valence-corrected chi connectivity index (χ2v) is 6.38. The Labute approximate surface area is 141 Å². The highest BCUT2D eigenvalue weighted by molar-refractivity contribution is 5.91. The van der Waals surface area contributed by atoms with Crippen molar-refractivity contribution in [1.82, 2.24) is 4.90 Å². The number of amides is 1. The number of rotatable bonds is 4. The summed E-state index contributed by atoms with van der Waals surface area (Å²) in [5.74, 6) is -0.649. The molecular formula is C20H21NO3. The van der Waals surface area contributed by atoms with Crippen molar-refractivity contribution in [3.05, 3.63) is 71.3 Å². The Bertz CT molecular complexity index is 742. The van der Waals surface area contributed by atoms with E-state index >= 15 is 0 Å². The lowest BCUT2D eigenvalue weighted by atomic mass is 9.97. The van der Waals surface area contributed by atoms with Gasteiger partial charge in [0.15, 0.2) is 0 Å². The predicted octanol–water partition coefficient (Wildman–Crippen LogP) is 3.33. The first kappa shape index (κ1) is 16.2. The predicted molar refractivity (Wildman–Crippen MR) is 92.1 cm³/mol. The number of carboxylic acid groups (broad SMARTS) is 1. The Morgan fingerprint density at radius 3 is 2.46 bits per heavy atom. The molecule has 0 aliphatic carbocycles. The fourth-order valence-corrected chi connectivity index (χ4v) is 3.49.